The van der Waals surface area contributed by atoms with E-state index in [1.54, 1.807) is 23.7 Å². The van der Waals surface area contributed by atoms with E-state index < -0.39 is 0 Å². The minimum absolute atomic E-state index is 0.0105. The van der Waals surface area contributed by atoms with Crippen molar-refractivity contribution >= 4 is 23.6 Å². The molecule has 0 unspecified atom stereocenters. The molecule has 0 N–H and O–H groups in total. The molecule has 0 spiro atoms. The van der Waals surface area contributed by atoms with Crippen LogP contribution in [0.4, 0.5) is 0 Å². The molecular weight excluding hydrogens is 286 g/mol. The Morgan fingerprint density at radius 2 is 1.95 bits per heavy atom. The van der Waals surface area contributed by atoms with Crippen molar-refractivity contribution in [1.29, 1.82) is 0 Å². The molecule has 0 heterocycles. The highest BCUT2D eigenvalue weighted by Gasteiger charge is 2.16. The van der Waals surface area contributed by atoms with Gasteiger partial charge in [-0.15, -0.1) is 11.8 Å². The largest absolute Gasteiger partial charge is 0.469 e. The second kappa shape index (κ2) is 8.72. The number of carbonyl (C=O) groups excluding carboxylic acids is 2. The van der Waals surface area contributed by atoms with Gasteiger partial charge in [-0.05, 0) is 18.6 Å². The lowest BCUT2D eigenvalue weighted by atomic mass is 10.2. The molecule has 1 aromatic carbocycles. The molecule has 1 aromatic rings. The third-order valence-electron chi connectivity index (χ3n) is 2.93. The van der Waals surface area contributed by atoms with Gasteiger partial charge in [0.05, 0.1) is 12.7 Å². The van der Waals surface area contributed by atoms with Gasteiger partial charge in [-0.25, -0.2) is 0 Å². The third kappa shape index (κ3) is 5.79. The fourth-order valence-corrected chi connectivity index (χ4v) is 2.82. The topological polar surface area (TPSA) is 46.6 Å². The Morgan fingerprint density at radius 3 is 2.57 bits per heavy atom. The van der Waals surface area contributed by atoms with Gasteiger partial charge in [0, 0.05) is 30.2 Å². The number of benzene rings is 1. The van der Waals surface area contributed by atoms with Gasteiger partial charge in [0.2, 0.25) is 0 Å². The summed E-state index contributed by atoms with van der Waals surface area (Å²) in [5.41, 5.74) is 0.719. The van der Waals surface area contributed by atoms with Crippen LogP contribution in [0.25, 0.3) is 0 Å². The van der Waals surface area contributed by atoms with Crippen LogP contribution >= 0.6 is 11.8 Å². The zero-order valence-corrected chi connectivity index (χ0v) is 13.9. The summed E-state index contributed by atoms with van der Waals surface area (Å²) in [5, 5.41) is 0.420. The average Bonchev–Trinajstić information content (AvgIpc) is 2.46. The maximum atomic E-state index is 12.5. The quantitative estimate of drug-likeness (QED) is 0.573. The van der Waals surface area contributed by atoms with Crippen molar-refractivity contribution < 1.29 is 14.3 Å². The lowest BCUT2D eigenvalue weighted by Gasteiger charge is -2.19. The minimum Gasteiger partial charge on any atom is -0.469 e. The van der Waals surface area contributed by atoms with Gasteiger partial charge in [-0.3, -0.25) is 9.59 Å². The van der Waals surface area contributed by atoms with Crippen molar-refractivity contribution in [2.24, 2.45) is 0 Å². The Hall–Kier alpha value is -1.49. The fraction of sp³-hybridized carbons (Fsp3) is 0.500. The number of ether oxygens (including phenoxy) is 1. The molecule has 5 heteroatoms. The van der Waals surface area contributed by atoms with Crippen molar-refractivity contribution in [1.82, 2.24) is 4.90 Å². The van der Waals surface area contributed by atoms with Crippen LogP contribution in [0.15, 0.2) is 29.2 Å². The average molecular weight is 309 g/mol. The van der Waals surface area contributed by atoms with E-state index in [4.69, 9.17) is 0 Å². The second-order valence-corrected chi connectivity index (χ2v) is 6.69. The van der Waals surface area contributed by atoms with Crippen LogP contribution in [0.3, 0.4) is 0 Å². The van der Waals surface area contributed by atoms with Crippen LogP contribution in [0, 0.1) is 0 Å². The van der Waals surface area contributed by atoms with Gasteiger partial charge < -0.3 is 9.64 Å². The van der Waals surface area contributed by atoms with Crippen molar-refractivity contribution in [2.75, 3.05) is 20.7 Å². The third-order valence-corrected chi connectivity index (χ3v) is 4.01. The smallest absolute Gasteiger partial charge is 0.305 e. The summed E-state index contributed by atoms with van der Waals surface area (Å²) in [6, 6.07) is 7.64. The first-order valence-electron chi connectivity index (χ1n) is 7.03. The number of methoxy groups -OCH3 is 1. The molecule has 0 bridgehead atoms. The SMILES string of the molecule is COC(=O)CCCN(C)C(=O)c1ccccc1SC(C)C. The molecule has 0 aliphatic carbocycles. The standard InChI is InChI=1S/C16H23NO3S/c1-12(2)21-14-9-6-5-8-13(14)16(19)17(3)11-7-10-15(18)20-4/h5-6,8-9,12H,7,10-11H2,1-4H3. The molecular formula is C16H23NO3S. The van der Waals surface area contributed by atoms with Gasteiger partial charge >= 0.3 is 5.97 Å². The Balaban J connectivity index is 2.67. The van der Waals surface area contributed by atoms with E-state index in [1.807, 2.05) is 24.3 Å². The molecule has 0 aliphatic heterocycles. The molecule has 1 amide bonds. The Bertz CT molecular complexity index is 488. The summed E-state index contributed by atoms with van der Waals surface area (Å²) in [6.07, 6.45) is 0.935. The van der Waals surface area contributed by atoms with E-state index in [2.05, 4.69) is 18.6 Å². The first kappa shape index (κ1) is 17.6. The van der Waals surface area contributed by atoms with Gasteiger partial charge in [0.15, 0.2) is 0 Å². The molecule has 0 aliphatic rings. The highest BCUT2D eigenvalue weighted by Crippen LogP contribution is 2.27. The van der Waals surface area contributed by atoms with Crippen molar-refractivity contribution in [2.45, 2.75) is 36.8 Å². The summed E-state index contributed by atoms with van der Waals surface area (Å²) < 4.78 is 4.59. The van der Waals surface area contributed by atoms with Crippen LogP contribution in [0.1, 0.15) is 37.0 Å². The van der Waals surface area contributed by atoms with Crippen molar-refractivity contribution in [3.63, 3.8) is 0 Å². The first-order valence-corrected chi connectivity index (χ1v) is 7.91. The van der Waals surface area contributed by atoms with Crippen LogP contribution in [0.5, 0.6) is 0 Å². The summed E-state index contributed by atoms with van der Waals surface area (Å²) in [6.45, 7) is 4.74. The van der Waals surface area contributed by atoms with Gasteiger partial charge in [0.25, 0.3) is 5.91 Å². The number of nitrogens with zero attached hydrogens (tertiary/aromatic N) is 1. The second-order valence-electron chi connectivity index (χ2n) is 5.07. The van der Waals surface area contributed by atoms with Crippen LogP contribution < -0.4 is 0 Å². The van der Waals surface area contributed by atoms with E-state index in [-0.39, 0.29) is 11.9 Å². The maximum Gasteiger partial charge on any atom is 0.305 e. The van der Waals surface area contributed by atoms with Crippen LogP contribution in [-0.2, 0) is 9.53 Å². The molecule has 0 radical (unpaired) electrons. The molecule has 116 valence electrons. The number of carbonyl (C=O) groups is 2. The maximum absolute atomic E-state index is 12.5. The van der Waals surface area contributed by atoms with E-state index in [9.17, 15) is 9.59 Å². The highest BCUT2D eigenvalue weighted by atomic mass is 32.2. The summed E-state index contributed by atoms with van der Waals surface area (Å²) >= 11 is 1.68. The molecule has 0 saturated carbocycles. The number of thioether (sulfide) groups is 1. The van der Waals surface area contributed by atoms with E-state index in [0.29, 0.717) is 24.6 Å². The van der Waals surface area contributed by atoms with Gasteiger partial charge in [-0.1, -0.05) is 26.0 Å². The lowest BCUT2D eigenvalue weighted by Crippen LogP contribution is -2.28. The predicted molar refractivity (Wildman–Crippen MR) is 85.6 cm³/mol. The highest BCUT2D eigenvalue weighted by molar-refractivity contribution is 8.00. The van der Waals surface area contributed by atoms with Crippen LogP contribution in [-0.4, -0.2) is 42.7 Å². The summed E-state index contributed by atoms with van der Waals surface area (Å²) in [7, 11) is 3.13. The summed E-state index contributed by atoms with van der Waals surface area (Å²) in [4.78, 5) is 26.2. The number of esters is 1. The normalized spacial score (nSPS) is 10.5. The zero-order valence-electron chi connectivity index (χ0n) is 13.1. The number of hydrogen-bond acceptors (Lipinski definition) is 4. The molecule has 0 aromatic heterocycles. The predicted octanol–water partition coefficient (Wildman–Crippen LogP) is 3.21. The molecule has 0 atom stereocenters. The molecule has 21 heavy (non-hydrogen) atoms. The van der Waals surface area contributed by atoms with Crippen molar-refractivity contribution in [3.8, 4) is 0 Å². The number of rotatable bonds is 7. The molecule has 0 saturated heterocycles. The Kier molecular flexibility index (Phi) is 7.29. The van der Waals surface area contributed by atoms with E-state index in [1.165, 1.54) is 7.11 Å². The summed E-state index contributed by atoms with van der Waals surface area (Å²) in [5.74, 6) is -0.254. The molecule has 4 nitrogen and oxygen atoms in total. The zero-order chi connectivity index (χ0) is 15.8. The minimum atomic E-state index is -0.244. The first-order chi connectivity index (χ1) is 9.95. The number of hydrogen-bond donors (Lipinski definition) is 0. The van der Waals surface area contributed by atoms with Gasteiger partial charge in [-0.2, -0.15) is 0 Å². The van der Waals surface area contributed by atoms with Crippen molar-refractivity contribution in [3.05, 3.63) is 29.8 Å². The monoisotopic (exact) mass is 309 g/mol. The fourth-order valence-electron chi connectivity index (χ4n) is 1.87. The van der Waals surface area contributed by atoms with Gasteiger partial charge in [0.1, 0.15) is 0 Å². The van der Waals surface area contributed by atoms with Crippen LogP contribution in [0.2, 0.25) is 0 Å². The Morgan fingerprint density at radius 1 is 1.29 bits per heavy atom. The molecule has 1 rings (SSSR count). The lowest BCUT2D eigenvalue weighted by molar-refractivity contribution is -0.140. The van der Waals surface area contributed by atoms with E-state index in [0.717, 1.165) is 10.5 Å². The molecule has 0 fully saturated rings. The van der Waals surface area contributed by atoms with E-state index >= 15 is 0 Å². The Labute approximate surface area is 130 Å². The number of amides is 1.